The minimum atomic E-state index is -0.329. The Morgan fingerprint density at radius 1 is 0.862 bits per heavy atom. The maximum atomic E-state index is 13.0. The molecule has 0 unspecified atom stereocenters. The number of benzene rings is 2. The molecule has 0 spiro atoms. The fourth-order valence-electron chi connectivity index (χ4n) is 3.28. The molecule has 0 aliphatic rings. The fourth-order valence-corrected chi connectivity index (χ4v) is 3.28. The van der Waals surface area contributed by atoms with Gasteiger partial charge in [0.05, 0.1) is 18.6 Å². The van der Waals surface area contributed by atoms with Crippen LogP contribution in [0.2, 0.25) is 0 Å². The number of unbranched alkanes of at least 4 members (excludes halogenated alkanes) is 4. The zero-order valence-corrected chi connectivity index (χ0v) is 17.6. The molecule has 2 aromatic rings. The third kappa shape index (κ3) is 7.72. The first kappa shape index (κ1) is 22.7. The number of rotatable bonds is 13. The van der Waals surface area contributed by atoms with Gasteiger partial charge in [0, 0.05) is 6.42 Å². The second kappa shape index (κ2) is 12.8. The van der Waals surface area contributed by atoms with E-state index in [1.165, 1.54) is 12.8 Å². The summed E-state index contributed by atoms with van der Waals surface area (Å²) in [6, 6.07) is 15.3. The summed E-state index contributed by atoms with van der Waals surface area (Å²) in [4.78, 5) is 25.1. The molecule has 0 fully saturated rings. The Hall–Kier alpha value is -2.62. The summed E-state index contributed by atoms with van der Waals surface area (Å²) in [5, 5.41) is 0. The summed E-state index contributed by atoms with van der Waals surface area (Å²) >= 11 is 0. The van der Waals surface area contributed by atoms with E-state index >= 15 is 0 Å². The summed E-state index contributed by atoms with van der Waals surface area (Å²) in [6.07, 6.45) is 5.95. The number of hydrogen-bond acceptors (Lipinski definition) is 4. The van der Waals surface area contributed by atoms with Gasteiger partial charge in [-0.2, -0.15) is 0 Å². The summed E-state index contributed by atoms with van der Waals surface area (Å²) in [7, 11) is 0. The van der Waals surface area contributed by atoms with Crippen molar-refractivity contribution in [1.82, 2.24) is 0 Å². The van der Waals surface area contributed by atoms with Crippen molar-refractivity contribution in [3.05, 3.63) is 65.2 Å². The SMILES string of the molecule is CCCCCCCC(=O)c1c(CC(=O)OCC)cccc1OCc1ccccc1. The molecule has 4 nitrogen and oxygen atoms in total. The van der Waals surface area contributed by atoms with E-state index in [1.54, 1.807) is 6.92 Å². The molecule has 2 rings (SSSR count). The van der Waals surface area contributed by atoms with Crippen LogP contribution in [0, 0.1) is 0 Å². The van der Waals surface area contributed by atoms with Gasteiger partial charge in [-0.15, -0.1) is 0 Å². The van der Waals surface area contributed by atoms with Gasteiger partial charge in [0.15, 0.2) is 5.78 Å². The first-order valence-corrected chi connectivity index (χ1v) is 10.6. The standard InChI is InChI=1S/C25H32O4/c1-3-5-6-7-11-16-22(26)25-21(18-24(27)28-4-2)15-12-17-23(25)29-19-20-13-9-8-10-14-20/h8-10,12-15,17H,3-7,11,16,18-19H2,1-2H3. The molecule has 0 radical (unpaired) electrons. The van der Waals surface area contributed by atoms with Crippen molar-refractivity contribution in [2.45, 2.75) is 65.4 Å². The van der Waals surface area contributed by atoms with E-state index in [0.29, 0.717) is 36.5 Å². The van der Waals surface area contributed by atoms with Gasteiger partial charge < -0.3 is 9.47 Å². The van der Waals surface area contributed by atoms with Crippen LogP contribution in [0.25, 0.3) is 0 Å². The van der Waals surface area contributed by atoms with Gasteiger partial charge in [-0.05, 0) is 30.5 Å². The lowest BCUT2D eigenvalue weighted by molar-refractivity contribution is -0.142. The molecule has 0 amide bonds. The number of esters is 1. The molecule has 0 N–H and O–H groups in total. The fraction of sp³-hybridized carbons (Fsp3) is 0.440. The molecule has 156 valence electrons. The molecule has 0 aromatic heterocycles. The maximum absolute atomic E-state index is 13.0. The highest BCUT2D eigenvalue weighted by atomic mass is 16.5. The number of carbonyl (C=O) groups excluding carboxylic acids is 2. The second-order valence-electron chi connectivity index (χ2n) is 7.13. The van der Waals surface area contributed by atoms with Gasteiger partial charge in [-0.3, -0.25) is 9.59 Å². The molecular weight excluding hydrogens is 364 g/mol. The Labute approximate surface area is 174 Å². The smallest absolute Gasteiger partial charge is 0.310 e. The molecule has 0 atom stereocenters. The highest BCUT2D eigenvalue weighted by Crippen LogP contribution is 2.27. The van der Waals surface area contributed by atoms with E-state index in [4.69, 9.17) is 9.47 Å². The second-order valence-corrected chi connectivity index (χ2v) is 7.13. The van der Waals surface area contributed by atoms with Crippen LogP contribution in [0.5, 0.6) is 5.75 Å². The molecule has 4 heteroatoms. The van der Waals surface area contributed by atoms with E-state index in [0.717, 1.165) is 24.8 Å². The summed E-state index contributed by atoms with van der Waals surface area (Å²) in [5.74, 6) is 0.239. The number of Topliss-reactive ketones (excluding diaryl/α,β-unsaturated/α-hetero) is 1. The maximum Gasteiger partial charge on any atom is 0.310 e. The predicted octanol–water partition coefficient (Wildman–Crippen LogP) is 5.91. The van der Waals surface area contributed by atoms with Gasteiger partial charge >= 0.3 is 5.97 Å². The highest BCUT2D eigenvalue weighted by molar-refractivity contribution is 6.01. The van der Waals surface area contributed by atoms with E-state index in [2.05, 4.69) is 6.92 Å². The van der Waals surface area contributed by atoms with E-state index < -0.39 is 0 Å². The van der Waals surface area contributed by atoms with Crippen molar-refractivity contribution in [1.29, 1.82) is 0 Å². The van der Waals surface area contributed by atoms with E-state index in [1.807, 2.05) is 48.5 Å². The number of carbonyl (C=O) groups is 2. The molecular formula is C25H32O4. The van der Waals surface area contributed by atoms with Crippen molar-refractivity contribution in [3.8, 4) is 5.75 Å². The van der Waals surface area contributed by atoms with Gasteiger partial charge in [-0.1, -0.05) is 75.1 Å². The van der Waals surface area contributed by atoms with Gasteiger partial charge in [0.2, 0.25) is 0 Å². The van der Waals surface area contributed by atoms with Crippen molar-refractivity contribution in [3.63, 3.8) is 0 Å². The Bertz CT molecular complexity index is 768. The highest BCUT2D eigenvalue weighted by Gasteiger charge is 2.19. The molecule has 0 saturated carbocycles. The molecule has 0 bridgehead atoms. The Morgan fingerprint density at radius 2 is 1.62 bits per heavy atom. The zero-order valence-electron chi connectivity index (χ0n) is 17.6. The average Bonchev–Trinajstić information content (AvgIpc) is 2.73. The summed E-state index contributed by atoms with van der Waals surface area (Å²) in [5.41, 5.74) is 2.22. The van der Waals surface area contributed by atoms with Crippen LogP contribution in [0.1, 0.15) is 73.9 Å². The van der Waals surface area contributed by atoms with Crippen LogP contribution in [-0.2, 0) is 22.6 Å². The minimum Gasteiger partial charge on any atom is -0.488 e. The predicted molar refractivity (Wildman–Crippen MR) is 115 cm³/mol. The summed E-state index contributed by atoms with van der Waals surface area (Å²) < 4.78 is 11.1. The minimum absolute atomic E-state index is 0.0319. The van der Waals surface area contributed by atoms with Crippen LogP contribution in [0.4, 0.5) is 0 Å². The first-order chi connectivity index (χ1) is 14.2. The zero-order chi connectivity index (χ0) is 20.9. The molecule has 0 saturated heterocycles. The summed E-state index contributed by atoms with van der Waals surface area (Å²) in [6.45, 7) is 4.65. The van der Waals surface area contributed by atoms with Crippen LogP contribution < -0.4 is 4.74 Å². The number of ether oxygens (including phenoxy) is 2. The van der Waals surface area contributed by atoms with Gasteiger partial charge in [0.1, 0.15) is 12.4 Å². The number of hydrogen-bond donors (Lipinski definition) is 0. The van der Waals surface area contributed by atoms with Gasteiger partial charge in [-0.25, -0.2) is 0 Å². The lowest BCUT2D eigenvalue weighted by atomic mass is 9.96. The molecule has 29 heavy (non-hydrogen) atoms. The quantitative estimate of drug-likeness (QED) is 0.240. The van der Waals surface area contributed by atoms with E-state index in [-0.39, 0.29) is 18.2 Å². The third-order valence-corrected chi connectivity index (χ3v) is 4.78. The molecule has 0 aliphatic heterocycles. The molecule has 0 heterocycles. The Morgan fingerprint density at radius 3 is 2.34 bits per heavy atom. The van der Waals surface area contributed by atoms with Crippen molar-refractivity contribution >= 4 is 11.8 Å². The third-order valence-electron chi connectivity index (χ3n) is 4.78. The van der Waals surface area contributed by atoms with Crippen molar-refractivity contribution in [2.75, 3.05) is 6.61 Å². The van der Waals surface area contributed by atoms with E-state index in [9.17, 15) is 9.59 Å². The Balaban J connectivity index is 2.16. The lowest BCUT2D eigenvalue weighted by Crippen LogP contribution is -2.13. The average molecular weight is 397 g/mol. The van der Waals surface area contributed by atoms with Gasteiger partial charge in [0.25, 0.3) is 0 Å². The number of ketones is 1. The van der Waals surface area contributed by atoms with Crippen LogP contribution in [0.15, 0.2) is 48.5 Å². The van der Waals surface area contributed by atoms with Crippen molar-refractivity contribution < 1.29 is 19.1 Å². The monoisotopic (exact) mass is 396 g/mol. The molecule has 0 aliphatic carbocycles. The normalized spacial score (nSPS) is 10.6. The van der Waals surface area contributed by atoms with Crippen LogP contribution in [-0.4, -0.2) is 18.4 Å². The Kier molecular flexibility index (Phi) is 9.98. The molecule has 2 aromatic carbocycles. The first-order valence-electron chi connectivity index (χ1n) is 10.6. The van der Waals surface area contributed by atoms with Crippen LogP contribution >= 0.6 is 0 Å². The van der Waals surface area contributed by atoms with Crippen molar-refractivity contribution in [2.24, 2.45) is 0 Å². The topological polar surface area (TPSA) is 52.6 Å². The largest absolute Gasteiger partial charge is 0.488 e. The van der Waals surface area contributed by atoms with Crippen LogP contribution in [0.3, 0.4) is 0 Å². The lowest BCUT2D eigenvalue weighted by Gasteiger charge is -2.15.